The van der Waals surface area contributed by atoms with E-state index < -0.39 is 0 Å². The number of carbonyl (C=O) groups excluding carboxylic acids is 2. The highest BCUT2D eigenvalue weighted by Gasteiger charge is 2.13. The second-order valence-electron chi connectivity index (χ2n) is 6.50. The number of rotatable bonds is 7. The molecule has 0 radical (unpaired) electrons. The molecular formula is C21H21NO4. The van der Waals surface area contributed by atoms with Gasteiger partial charge in [0.15, 0.2) is 5.76 Å². The van der Waals surface area contributed by atoms with Gasteiger partial charge >= 0.3 is 5.97 Å². The van der Waals surface area contributed by atoms with E-state index in [4.69, 9.17) is 9.15 Å². The van der Waals surface area contributed by atoms with E-state index in [1.807, 2.05) is 38.1 Å². The molecule has 0 unspecified atom stereocenters. The van der Waals surface area contributed by atoms with Crippen LogP contribution in [-0.2, 0) is 4.74 Å². The molecule has 5 nitrogen and oxygen atoms in total. The molecule has 3 aromatic rings. The first-order valence-electron chi connectivity index (χ1n) is 8.56. The fourth-order valence-electron chi connectivity index (χ4n) is 2.47. The molecule has 2 aromatic carbocycles. The average Bonchev–Trinajstić information content (AvgIpc) is 3.08. The van der Waals surface area contributed by atoms with Crippen molar-refractivity contribution < 1.29 is 18.7 Å². The first-order valence-corrected chi connectivity index (χ1v) is 8.56. The van der Waals surface area contributed by atoms with Crippen LogP contribution in [0.25, 0.3) is 11.0 Å². The summed E-state index contributed by atoms with van der Waals surface area (Å²) in [5.74, 6) is 0.0628. The molecule has 3 rings (SSSR count). The highest BCUT2D eigenvalue weighted by Crippen LogP contribution is 2.19. The molecule has 0 saturated heterocycles. The molecule has 0 amide bonds. The van der Waals surface area contributed by atoms with E-state index in [9.17, 15) is 9.59 Å². The van der Waals surface area contributed by atoms with Gasteiger partial charge in [-0.25, -0.2) is 4.79 Å². The van der Waals surface area contributed by atoms with Gasteiger partial charge in [-0.2, -0.15) is 0 Å². The van der Waals surface area contributed by atoms with Crippen molar-refractivity contribution in [3.8, 4) is 0 Å². The van der Waals surface area contributed by atoms with Gasteiger partial charge in [0.1, 0.15) is 5.58 Å². The number of fused-ring (bicyclic) bond motifs is 1. The number of benzene rings is 2. The predicted molar refractivity (Wildman–Crippen MR) is 101 cm³/mol. The molecule has 0 bridgehead atoms. The zero-order chi connectivity index (χ0) is 18.5. The first-order chi connectivity index (χ1) is 12.5. The van der Waals surface area contributed by atoms with E-state index in [0.717, 1.165) is 5.39 Å². The van der Waals surface area contributed by atoms with Gasteiger partial charge in [-0.15, -0.1) is 0 Å². The predicted octanol–water partition coefficient (Wildman–Crippen LogP) is 4.54. The van der Waals surface area contributed by atoms with E-state index in [2.05, 4.69) is 5.32 Å². The summed E-state index contributed by atoms with van der Waals surface area (Å²) in [6, 6.07) is 16.1. The number of anilines is 1. The van der Waals surface area contributed by atoms with Crippen molar-refractivity contribution in [2.45, 2.75) is 13.8 Å². The molecule has 5 heteroatoms. The summed E-state index contributed by atoms with van der Waals surface area (Å²) in [4.78, 5) is 24.4. The van der Waals surface area contributed by atoms with Gasteiger partial charge in [-0.1, -0.05) is 38.1 Å². The van der Waals surface area contributed by atoms with Crippen LogP contribution in [0.1, 0.15) is 34.8 Å². The number of Topliss-reactive ketones (excluding diaryl/α,β-unsaturated/α-hetero) is 1. The molecule has 0 aliphatic carbocycles. The van der Waals surface area contributed by atoms with Crippen LogP contribution in [-0.4, -0.2) is 24.9 Å². The Balaban J connectivity index is 1.63. The van der Waals surface area contributed by atoms with Gasteiger partial charge in [-0.05, 0) is 36.2 Å². The summed E-state index contributed by atoms with van der Waals surface area (Å²) < 4.78 is 10.8. The molecule has 1 aromatic heterocycles. The van der Waals surface area contributed by atoms with Gasteiger partial charge in [0.25, 0.3) is 0 Å². The smallest absolute Gasteiger partial charge is 0.338 e. The van der Waals surface area contributed by atoms with Gasteiger partial charge in [-0.3, -0.25) is 4.79 Å². The third kappa shape index (κ3) is 4.30. The summed E-state index contributed by atoms with van der Waals surface area (Å²) >= 11 is 0. The average molecular weight is 351 g/mol. The van der Waals surface area contributed by atoms with Crippen LogP contribution in [0.15, 0.2) is 59.0 Å². The maximum Gasteiger partial charge on any atom is 0.338 e. The summed E-state index contributed by atoms with van der Waals surface area (Å²) in [6.45, 7) is 4.41. The standard InChI is InChI=1S/C21H21NO4/c1-14(2)13-25-21(24)16-7-5-8-17(10-16)22-12-18(23)20-11-15-6-3-4-9-19(15)26-20/h3-11,14,22H,12-13H2,1-2H3. The molecule has 0 fully saturated rings. The number of ether oxygens (including phenoxy) is 1. The number of ketones is 1. The topological polar surface area (TPSA) is 68.5 Å². The largest absolute Gasteiger partial charge is 0.462 e. The fourth-order valence-corrected chi connectivity index (χ4v) is 2.47. The lowest BCUT2D eigenvalue weighted by molar-refractivity contribution is 0.0459. The van der Waals surface area contributed by atoms with Crippen molar-refractivity contribution >= 4 is 28.4 Å². The molecular weight excluding hydrogens is 330 g/mol. The van der Waals surface area contributed by atoms with Crippen LogP contribution in [0.2, 0.25) is 0 Å². The Morgan fingerprint density at radius 2 is 1.88 bits per heavy atom. The van der Waals surface area contributed by atoms with Crippen molar-refractivity contribution in [2.24, 2.45) is 5.92 Å². The number of furan rings is 1. The van der Waals surface area contributed by atoms with E-state index >= 15 is 0 Å². The lowest BCUT2D eigenvalue weighted by Crippen LogP contribution is -2.14. The molecule has 1 heterocycles. The van der Waals surface area contributed by atoms with E-state index in [1.165, 1.54) is 0 Å². The van der Waals surface area contributed by atoms with Crippen LogP contribution in [0, 0.1) is 5.92 Å². The number of esters is 1. The van der Waals surface area contributed by atoms with Gasteiger partial charge in [0.05, 0.1) is 18.7 Å². The highest BCUT2D eigenvalue weighted by molar-refractivity contribution is 6.00. The van der Waals surface area contributed by atoms with Crippen LogP contribution in [0.5, 0.6) is 0 Å². The van der Waals surface area contributed by atoms with E-state index in [1.54, 1.807) is 30.3 Å². The molecule has 0 aliphatic heterocycles. The summed E-state index contributed by atoms with van der Waals surface area (Å²) in [6.07, 6.45) is 0. The minimum absolute atomic E-state index is 0.0737. The molecule has 0 spiro atoms. The number of hydrogen-bond acceptors (Lipinski definition) is 5. The van der Waals surface area contributed by atoms with E-state index in [0.29, 0.717) is 29.2 Å². The van der Waals surface area contributed by atoms with Crippen molar-refractivity contribution in [3.63, 3.8) is 0 Å². The Morgan fingerprint density at radius 3 is 2.65 bits per heavy atom. The number of para-hydroxylation sites is 1. The molecule has 0 aliphatic rings. The lowest BCUT2D eigenvalue weighted by Gasteiger charge is -2.09. The lowest BCUT2D eigenvalue weighted by atomic mass is 10.2. The monoisotopic (exact) mass is 351 g/mol. The van der Waals surface area contributed by atoms with Crippen molar-refractivity contribution in [2.75, 3.05) is 18.5 Å². The maximum atomic E-state index is 12.3. The van der Waals surface area contributed by atoms with Crippen LogP contribution < -0.4 is 5.32 Å². The Morgan fingerprint density at radius 1 is 1.08 bits per heavy atom. The van der Waals surface area contributed by atoms with Gasteiger partial charge in [0.2, 0.25) is 5.78 Å². The van der Waals surface area contributed by atoms with Crippen LogP contribution >= 0.6 is 0 Å². The molecule has 0 atom stereocenters. The summed E-state index contributed by atoms with van der Waals surface area (Å²) in [5.41, 5.74) is 1.81. The Kier molecular flexibility index (Phi) is 5.37. The second-order valence-corrected chi connectivity index (χ2v) is 6.50. The first kappa shape index (κ1) is 17.7. The fraction of sp³-hybridized carbons (Fsp3) is 0.238. The van der Waals surface area contributed by atoms with Crippen LogP contribution in [0.4, 0.5) is 5.69 Å². The number of nitrogens with one attached hydrogen (secondary N) is 1. The maximum absolute atomic E-state index is 12.3. The highest BCUT2D eigenvalue weighted by atomic mass is 16.5. The third-order valence-corrected chi connectivity index (χ3v) is 3.80. The second kappa shape index (κ2) is 7.87. The van der Waals surface area contributed by atoms with Gasteiger partial charge < -0.3 is 14.5 Å². The third-order valence-electron chi connectivity index (χ3n) is 3.80. The van der Waals surface area contributed by atoms with Crippen molar-refractivity contribution in [1.82, 2.24) is 0 Å². The van der Waals surface area contributed by atoms with Crippen molar-refractivity contribution in [1.29, 1.82) is 0 Å². The van der Waals surface area contributed by atoms with Crippen molar-refractivity contribution in [3.05, 3.63) is 65.9 Å². The summed E-state index contributed by atoms with van der Waals surface area (Å²) in [5, 5.41) is 3.92. The van der Waals surface area contributed by atoms with Gasteiger partial charge in [0, 0.05) is 11.1 Å². The van der Waals surface area contributed by atoms with E-state index in [-0.39, 0.29) is 24.2 Å². The Hall–Kier alpha value is -3.08. The number of carbonyl (C=O) groups is 2. The van der Waals surface area contributed by atoms with Crippen LogP contribution in [0.3, 0.4) is 0 Å². The normalized spacial score (nSPS) is 10.9. The quantitative estimate of drug-likeness (QED) is 0.500. The molecule has 1 N–H and O–H groups in total. The minimum Gasteiger partial charge on any atom is -0.462 e. The molecule has 26 heavy (non-hydrogen) atoms. The Bertz CT molecular complexity index is 893. The zero-order valence-corrected chi connectivity index (χ0v) is 14.8. The zero-order valence-electron chi connectivity index (χ0n) is 14.8. The summed E-state index contributed by atoms with van der Waals surface area (Å²) in [7, 11) is 0. The Labute approximate surface area is 152 Å². The molecule has 134 valence electrons. The molecule has 0 saturated carbocycles. The minimum atomic E-state index is -0.369. The SMILES string of the molecule is CC(C)COC(=O)c1cccc(NCC(=O)c2cc3ccccc3o2)c1. The number of hydrogen-bond donors (Lipinski definition) is 1.